The summed E-state index contributed by atoms with van der Waals surface area (Å²) in [5.41, 5.74) is 0. The monoisotopic (exact) mass is 283 g/mol. The highest BCUT2D eigenvalue weighted by Crippen LogP contribution is 2.14. The molecular weight excluding hydrogens is 258 g/mol. The minimum absolute atomic E-state index is 0. The molecule has 4 heteroatoms. The van der Waals surface area contributed by atoms with E-state index >= 15 is 0 Å². The van der Waals surface area contributed by atoms with Gasteiger partial charge in [-0.05, 0) is 12.2 Å². The molecule has 1 rings (SSSR count). The van der Waals surface area contributed by atoms with E-state index in [4.69, 9.17) is 0 Å². The predicted molar refractivity (Wildman–Crippen MR) is 82.2 cm³/mol. The molecule has 0 aromatic rings. The van der Waals surface area contributed by atoms with Crippen molar-refractivity contribution in [1.29, 1.82) is 0 Å². The average Bonchev–Trinajstić information content (AvgIpc) is 2.75. The third kappa shape index (κ3) is 9.03. The van der Waals surface area contributed by atoms with Gasteiger partial charge in [-0.2, -0.15) is 11.8 Å². The number of nitrogens with zero attached hydrogens (tertiary/aromatic N) is 1. The summed E-state index contributed by atoms with van der Waals surface area (Å²) in [4.78, 5) is 2.58. The number of thioether (sulfide) groups is 2. The van der Waals surface area contributed by atoms with Crippen molar-refractivity contribution < 1.29 is 0 Å². The zero-order chi connectivity index (χ0) is 10.8. The molecule has 16 heavy (non-hydrogen) atoms. The summed E-state index contributed by atoms with van der Waals surface area (Å²) in [6.07, 6.45) is 7.11. The fraction of sp³-hybridized carbons (Fsp3) is 1.00. The first-order valence-electron chi connectivity index (χ1n) is 6.31. The number of hydrogen-bond donors (Lipinski definition) is 0. The minimum atomic E-state index is 0. The fourth-order valence-electron chi connectivity index (χ4n) is 1.73. The van der Waals surface area contributed by atoms with E-state index in [1.54, 1.807) is 0 Å². The summed E-state index contributed by atoms with van der Waals surface area (Å²) < 4.78 is 0. The number of halogens is 1. The molecule has 0 N–H and O–H groups in total. The Balaban J connectivity index is 0.00000225. The van der Waals surface area contributed by atoms with Crippen LogP contribution in [0.2, 0.25) is 0 Å². The third-order valence-electron chi connectivity index (χ3n) is 2.77. The van der Waals surface area contributed by atoms with Gasteiger partial charge in [0.2, 0.25) is 0 Å². The first-order valence-corrected chi connectivity index (χ1v) is 8.62. The lowest BCUT2D eigenvalue weighted by molar-refractivity contribution is 0.380. The van der Waals surface area contributed by atoms with Crippen LogP contribution in [-0.2, 0) is 0 Å². The Morgan fingerprint density at radius 3 is 2.62 bits per heavy atom. The van der Waals surface area contributed by atoms with Crippen LogP contribution in [0, 0.1) is 0 Å². The van der Waals surface area contributed by atoms with Crippen LogP contribution in [-0.4, -0.2) is 41.1 Å². The van der Waals surface area contributed by atoms with Crippen LogP contribution in [0.3, 0.4) is 0 Å². The van der Waals surface area contributed by atoms with Crippen LogP contribution < -0.4 is 0 Å². The van der Waals surface area contributed by atoms with E-state index in [0.717, 1.165) is 0 Å². The summed E-state index contributed by atoms with van der Waals surface area (Å²) in [6.45, 7) is 4.91. The first kappa shape index (κ1) is 16.9. The Bertz CT molecular complexity index is 141. The highest BCUT2D eigenvalue weighted by molar-refractivity contribution is 7.99. The second-order valence-electron chi connectivity index (χ2n) is 4.18. The fourth-order valence-corrected chi connectivity index (χ4v) is 3.76. The van der Waals surface area contributed by atoms with Gasteiger partial charge in [-0.1, -0.05) is 32.6 Å². The molecule has 0 aliphatic carbocycles. The number of hydrogen-bond acceptors (Lipinski definition) is 3. The maximum absolute atomic E-state index is 2.58. The van der Waals surface area contributed by atoms with Gasteiger partial charge in [0.25, 0.3) is 0 Å². The lowest BCUT2D eigenvalue weighted by Gasteiger charge is -2.12. The first-order chi connectivity index (χ1) is 7.43. The van der Waals surface area contributed by atoms with E-state index < -0.39 is 0 Å². The van der Waals surface area contributed by atoms with Gasteiger partial charge in [0.15, 0.2) is 0 Å². The molecule has 0 bridgehead atoms. The van der Waals surface area contributed by atoms with E-state index in [1.165, 1.54) is 68.3 Å². The molecule has 1 fully saturated rings. The van der Waals surface area contributed by atoms with Gasteiger partial charge < -0.3 is 0 Å². The molecule has 0 atom stereocenters. The molecule has 0 unspecified atom stereocenters. The normalized spacial score (nSPS) is 16.3. The van der Waals surface area contributed by atoms with E-state index in [9.17, 15) is 0 Å². The van der Waals surface area contributed by atoms with Crippen molar-refractivity contribution in [1.82, 2.24) is 4.90 Å². The minimum Gasteiger partial charge on any atom is -0.292 e. The molecule has 1 heterocycles. The van der Waals surface area contributed by atoms with Crippen molar-refractivity contribution in [3.05, 3.63) is 0 Å². The maximum Gasteiger partial charge on any atom is 0.0445 e. The molecule has 98 valence electrons. The van der Waals surface area contributed by atoms with Crippen molar-refractivity contribution >= 4 is 35.9 Å². The van der Waals surface area contributed by atoms with E-state index in [2.05, 4.69) is 35.3 Å². The van der Waals surface area contributed by atoms with Crippen LogP contribution >= 0.6 is 35.9 Å². The zero-order valence-corrected chi connectivity index (χ0v) is 12.9. The Morgan fingerprint density at radius 1 is 1.12 bits per heavy atom. The number of unbranched alkanes of at least 4 members (excludes halogenated alkanes) is 4. The van der Waals surface area contributed by atoms with Crippen molar-refractivity contribution in [3.63, 3.8) is 0 Å². The summed E-state index contributed by atoms with van der Waals surface area (Å²) in [7, 11) is 0. The zero-order valence-electron chi connectivity index (χ0n) is 10.5. The Morgan fingerprint density at radius 2 is 1.94 bits per heavy atom. The van der Waals surface area contributed by atoms with Gasteiger partial charge in [0.05, 0.1) is 0 Å². The average molecular weight is 284 g/mol. The van der Waals surface area contributed by atoms with Gasteiger partial charge in [-0.3, -0.25) is 4.90 Å². The van der Waals surface area contributed by atoms with Crippen molar-refractivity contribution in [2.75, 3.05) is 36.2 Å². The van der Waals surface area contributed by atoms with Gasteiger partial charge in [-0.25, -0.2) is 0 Å². The largest absolute Gasteiger partial charge is 0.292 e. The van der Waals surface area contributed by atoms with E-state index in [-0.39, 0.29) is 12.4 Å². The predicted octanol–water partition coefficient (Wildman–Crippen LogP) is 4.12. The highest BCUT2D eigenvalue weighted by atomic mass is 35.5. The van der Waals surface area contributed by atoms with E-state index in [1.807, 2.05) is 0 Å². The van der Waals surface area contributed by atoms with Crippen molar-refractivity contribution in [3.8, 4) is 0 Å². The topological polar surface area (TPSA) is 3.24 Å². The molecule has 0 aromatic carbocycles. The molecular formula is C12H26ClNS2. The Hall–Kier alpha value is 0.950. The molecule has 1 saturated heterocycles. The molecule has 1 aliphatic rings. The maximum atomic E-state index is 2.58. The molecule has 0 spiro atoms. The molecule has 1 aliphatic heterocycles. The summed E-state index contributed by atoms with van der Waals surface area (Å²) in [6, 6.07) is 0. The van der Waals surface area contributed by atoms with E-state index in [0.29, 0.717) is 0 Å². The van der Waals surface area contributed by atoms with Crippen LogP contribution in [0.25, 0.3) is 0 Å². The van der Waals surface area contributed by atoms with Gasteiger partial charge in [0.1, 0.15) is 0 Å². The lowest BCUT2D eigenvalue weighted by atomic mass is 10.2. The second-order valence-corrected chi connectivity index (χ2v) is 6.48. The molecule has 0 amide bonds. The summed E-state index contributed by atoms with van der Waals surface area (Å²) in [5, 5.41) is 0. The summed E-state index contributed by atoms with van der Waals surface area (Å²) >= 11 is 4.22. The van der Waals surface area contributed by atoms with Crippen LogP contribution in [0.4, 0.5) is 0 Å². The Kier molecular flexibility index (Phi) is 13.1. The second kappa shape index (κ2) is 12.4. The quantitative estimate of drug-likeness (QED) is 0.586. The van der Waals surface area contributed by atoms with Crippen molar-refractivity contribution in [2.24, 2.45) is 0 Å². The van der Waals surface area contributed by atoms with Gasteiger partial charge >= 0.3 is 0 Å². The molecule has 0 radical (unpaired) electrons. The molecule has 1 nitrogen and oxygen atoms in total. The summed E-state index contributed by atoms with van der Waals surface area (Å²) in [5.74, 6) is 5.35. The third-order valence-corrected chi connectivity index (χ3v) is 4.84. The van der Waals surface area contributed by atoms with Crippen LogP contribution in [0.1, 0.15) is 39.0 Å². The lowest BCUT2D eigenvalue weighted by Crippen LogP contribution is -2.22. The van der Waals surface area contributed by atoms with Crippen molar-refractivity contribution in [2.45, 2.75) is 39.0 Å². The molecule has 0 aromatic heterocycles. The SMILES string of the molecule is CCCCCCCSCCN1CCSC1.Cl. The highest BCUT2D eigenvalue weighted by Gasteiger charge is 2.10. The van der Waals surface area contributed by atoms with Gasteiger partial charge in [0, 0.05) is 30.5 Å². The van der Waals surface area contributed by atoms with Gasteiger partial charge in [-0.15, -0.1) is 24.2 Å². The smallest absolute Gasteiger partial charge is 0.0445 e. The standard InChI is InChI=1S/C12H25NS2.ClH/c1-2-3-4-5-6-9-14-10-7-13-8-11-15-12-13;/h2-12H2,1H3;1H. The number of rotatable bonds is 9. The van der Waals surface area contributed by atoms with Crippen LogP contribution in [0.5, 0.6) is 0 Å². The molecule has 0 saturated carbocycles. The Labute approximate surface area is 116 Å². The van der Waals surface area contributed by atoms with Crippen LogP contribution in [0.15, 0.2) is 0 Å².